The van der Waals surface area contributed by atoms with Gasteiger partial charge in [0, 0.05) is 18.4 Å². The molecule has 1 unspecified atom stereocenters. The van der Waals surface area contributed by atoms with Crippen LogP contribution in [0.3, 0.4) is 0 Å². The average molecular weight is 326 g/mol. The first-order chi connectivity index (χ1) is 8.63. The van der Waals surface area contributed by atoms with Crippen molar-refractivity contribution in [2.45, 2.75) is 56.7 Å². The van der Waals surface area contributed by atoms with Crippen LogP contribution in [0.5, 0.6) is 0 Å². The maximum absolute atomic E-state index is 12.5. The van der Waals surface area contributed by atoms with Crippen molar-refractivity contribution < 1.29 is 13.5 Å². The highest BCUT2D eigenvalue weighted by Crippen LogP contribution is 2.43. The third kappa shape index (κ3) is 3.87. The van der Waals surface area contributed by atoms with Crippen LogP contribution >= 0.6 is 15.9 Å². The summed E-state index contributed by atoms with van der Waals surface area (Å²) >= 11 is 3.32. The lowest BCUT2D eigenvalue weighted by Gasteiger charge is -2.27. The number of ether oxygens (including phenoxy) is 1. The monoisotopic (exact) mass is 325 g/mol. The van der Waals surface area contributed by atoms with Crippen LogP contribution in [0.4, 0.5) is 8.78 Å². The van der Waals surface area contributed by atoms with Crippen LogP contribution in [0.1, 0.15) is 38.5 Å². The van der Waals surface area contributed by atoms with Gasteiger partial charge in [0.25, 0.3) is 6.43 Å². The van der Waals surface area contributed by atoms with Crippen molar-refractivity contribution in [2.24, 2.45) is 0 Å². The Morgan fingerprint density at radius 2 is 2.00 bits per heavy atom. The standard InChI is InChI=1S/C13H22BrF2NO/c14-7-8-17(10-12(15)16)9-11-3-6-13(18-11)4-1-2-5-13/h11-12H,1-10H2. The second-order valence-electron chi connectivity index (χ2n) is 5.51. The van der Waals surface area contributed by atoms with Gasteiger partial charge >= 0.3 is 0 Å². The molecule has 1 aliphatic heterocycles. The lowest BCUT2D eigenvalue weighted by atomic mass is 9.98. The molecule has 0 radical (unpaired) electrons. The Kier molecular flexibility index (Phi) is 5.39. The number of rotatable bonds is 6. The van der Waals surface area contributed by atoms with Gasteiger partial charge in [0.05, 0.1) is 18.2 Å². The molecule has 2 aliphatic rings. The second kappa shape index (κ2) is 6.62. The Bertz CT molecular complexity index is 259. The predicted octanol–water partition coefficient (Wildman–Crippen LogP) is 3.44. The van der Waals surface area contributed by atoms with Gasteiger partial charge in [-0.2, -0.15) is 0 Å². The molecule has 5 heteroatoms. The number of hydrogen-bond acceptors (Lipinski definition) is 2. The summed E-state index contributed by atoms with van der Waals surface area (Å²) in [6.07, 6.45) is 4.89. The lowest BCUT2D eigenvalue weighted by molar-refractivity contribution is -0.0508. The van der Waals surface area contributed by atoms with E-state index < -0.39 is 6.43 Å². The van der Waals surface area contributed by atoms with E-state index in [1.54, 1.807) is 0 Å². The SMILES string of the molecule is FC(F)CN(CCBr)CC1CCC2(CCCC2)O1. The molecule has 2 rings (SSSR count). The summed E-state index contributed by atoms with van der Waals surface area (Å²) in [7, 11) is 0. The van der Waals surface area contributed by atoms with Gasteiger partial charge in [-0.3, -0.25) is 4.90 Å². The Hall–Kier alpha value is 0.260. The Morgan fingerprint density at radius 1 is 1.28 bits per heavy atom. The largest absolute Gasteiger partial charge is 0.370 e. The number of hydrogen-bond donors (Lipinski definition) is 0. The first-order valence-corrected chi connectivity index (χ1v) is 8.00. The number of alkyl halides is 3. The third-order valence-corrected chi connectivity index (χ3v) is 4.47. The molecule has 2 nitrogen and oxygen atoms in total. The molecule has 0 aromatic carbocycles. The van der Waals surface area contributed by atoms with Crippen molar-refractivity contribution >= 4 is 15.9 Å². The number of nitrogens with zero attached hydrogens (tertiary/aromatic N) is 1. The van der Waals surface area contributed by atoms with Crippen LogP contribution < -0.4 is 0 Å². The third-order valence-electron chi connectivity index (χ3n) is 4.11. The van der Waals surface area contributed by atoms with E-state index in [4.69, 9.17) is 4.74 Å². The molecule has 0 bridgehead atoms. The van der Waals surface area contributed by atoms with Crippen LogP contribution in [0.15, 0.2) is 0 Å². The minimum atomic E-state index is -2.26. The molecule has 1 atom stereocenters. The molecule has 1 heterocycles. The molecule has 1 aliphatic carbocycles. The van der Waals surface area contributed by atoms with Gasteiger partial charge in [0.2, 0.25) is 0 Å². The highest BCUT2D eigenvalue weighted by Gasteiger charge is 2.42. The summed E-state index contributed by atoms with van der Waals surface area (Å²) in [6.45, 7) is 1.17. The summed E-state index contributed by atoms with van der Waals surface area (Å²) in [5, 5.41) is 0.734. The van der Waals surface area contributed by atoms with Gasteiger partial charge < -0.3 is 4.74 Å². The van der Waals surface area contributed by atoms with E-state index in [0.29, 0.717) is 13.1 Å². The summed E-state index contributed by atoms with van der Waals surface area (Å²) in [4.78, 5) is 1.82. The fourth-order valence-corrected chi connectivity index (χ4v) is 3.77. The van der Waals surface area contributed by atoms with Gasteiger partial charge in [-0.25, -0.2) is 8.78 Å². The van der Waals surface area contributed by atoms with Crippen LogP contribution in [-0.2, 0) is 4.74 Å². The number of halogens is 3. The molecular weight excluding hydrogens is 304 g/mol. The zero-order valence-electron chi connectivity index (χ0n) is 10.7. The molecule has 0 aromatic heterocycles. The lowest BCUT2D eigenvalue weighted by Crippen LogP contribution is -2.38. The predicted molar refractivity (Wildman–Crippen MR) is 71.5 cm³/mol. The maximum atomic E-state index is 12.5. The van der Waals surface area contributed by atoms with Crippen molar-refractivity contribution in [3.8, 4) is 0 Å². The molecule has 0 N–H and O–H groups in total. The molecule has 1 saturated heterocycles. The van der Waals surface area contributed by atoms with Crippen molar-refractivity contribution in [2.75, 3.05) is 25.0 Å². The van der Waals surface area contributed by atoms with E-state index in [1.807, 2.05) is 4.90 Å². The van der Waals surface area contributed by atoms with Crippen LogP contribution in [0, 0.1) is 0 Å². The van der Waals surface area contributed by atoms with Gasteiger partial charge in [0.1, 0.15) is 0 Å². The first kappa shape index (κ1) is 14.7. The topological polar surface area (TPSA) is 12.5 Å². The summed E-state index contributed by atoms with van der Waals surface area (Å²) < 4.78 is 31.1. The van der Waals surface area contributed by atoms with Gasteiger partial charge in [-0.15, -0.1) is 0 Å². The Labute approximate surface area is 116 Å². The molecule has 1 saturated carbocycles. The van der Waals surface area contributed by atoms with Gasteiger partial charge in [0.15, 0.2) is 0 Å². The smallest absolute Gasteiger partial charge is 0.251 e. The Morgan fingerprint density at radius 3 is 2.61 bits per heavy atom. The zero-order valence-corrected chi connectivity index (χ0v) is 12.3. The summed E-state index contributed by atoms with van der Waals surface area (Å²) in [6, 6.07) is 0. The molecular formula is C13H22BrF2NO. The van der Waals surface area contributed by atoms with E-state index in [9.17, 15) is 8.78 Å². The normalized spacial score (nSPS) is 26.8. The van der Waals surface area contributed by atoms with Gasteiger partial charge in [-0.05, 0) is 25.7 Å². The zero-order chi connectivity index (χ0) is 13.0. The van der Waals surface area contributed by atoms with Crippen LogP contribution in [-0.4, -0.2) is 48.0 Å². The molecule has 0 amide bonds. The van der Waals surface area contributed by atoms with Crippen molar-refractivity contribution in [1.29, 1.82) is 0 Å². The van der Waals surface area contributed by atoms with E-state index in [-0.39, 0.29) is 18.2 Å². The second-order valence-corrected chi connectivity index (χ2v) is 6.30. The Balaban J connectivity index is 1.80. The minimum absolute atomic E-state index is 0.107. The fourth-order valence-electron chi connectivity index (χ4n) is 3.27. The summed E-state index contributed by atoms with van der Waals surface area (Å²) in [5.74, 6) is 0. The maximum Gasteiger partial charge on any atom is 0.251 e. The summed E-state index contributed by atoms with van der Waals surface area (Å²) in [5.41, 5.74) is 0.107. The van der Waals surface area contributed by atoms with Crippen LogP contribution in [0.25, 0.3) is 0 Å². The fraction of sp³-hybridized carbons (Fsp3) is 1.00. The quantitative estimate of drug-likeness (QED) is 0.694. The molecule has 0 aromatic rings. The molecule has 18 heavy (non-hydrogen) atoms. The van der Waals surface area contributed by atoms with E-state index in [0.717, 1.165) is 31.0 Å². The van der Waals surface area contributed by atoms with E-state index in [1.165, 1.54) is 12.8 Å². The highest BCUT2D eigenvalue weighted by molar-refractivity contribution is 9.09. The van der Waals surface area contributed by atoms with Crippen molar-refractivity contribution in [1.82, 2.24) is 4.90 Å². The van der Waals surface area contributed by atoms with Crippen molar-refractivity contribution in [3.05, 3.63) is 0 Å². The van der Waals surface area contributed by atoms with E-state index >= 15 is 0 Å². The minimum Gasteiger partial charge on any atom is -0.370 e. The molecule has 106 valence electrons. The average Bonchev–Trinajstić information content (AvgIpc) is 2.90. The molecule has 2 fully saturated rings. The van der Waals surface area contributed by atoms with Gasteiger partial charge in [-0.1, -0.05) is 28.8 Å². The molecule has 1 spiro atoms. The van der Waals surface area contributed by atoms with E-state index in [2.05, 4.69) is 15.9 Å². The van der Waals surface area contributed by atoms with Crippen molar-refractivity contribution in [3.63, 3.8) is 0 Å². The van der Waals surface area contributed by atoms with Crippen LogP contribution in [0.2, 0.25) is 0 Å². The first-order valence-electron chi connectivity index (χ1n) is 6.88. The highest BCUT2D eigenvalue weighted by atomic mass is 79.9.